The fourth-order valence-corrected chi connectivity index (χ4v) is 4.71. The van der Waals surface area contributed by atoms with Crippen LogP contribution in [0.15, 0.2) is 60.2 Å². The second-order valence-electron chi connectivity index (χ2n) is 7.58. The Labute approximate surface area is 195 Å². The highest BCUT2D eigenvalue weighted by molar-refractivity contribution is 7.17. The van der Waals surface area contributed by atoms with E-state index in [1.165, 1.54) is 4.90 Å². The van der Waals surface area contributed by atoms with Gasteiger partial charge in [0.25, 0.3) is 5.78 Å². The number of anilines is 1. The minimum absolute atomic E-state index is 0.0272. The third-order valence-corrected chi connectivity index (χ3v) is 6.47. The summed E-state index contributed by atoms with van der Waals surface area (Å²) in [5.41, 5.74) is 2.44. The van der Waals surface area contributed by atoms with E-state index in [1.807, 2.05) is 25.1 Å². The molecule has 0 bridgehead atoms. The molecule has 1 atom stereocenters. The van der Waals surface area contributed by atoms with Crippen molar-refractivity contribution in [1.29, 1.82) is 0 Å². The molecule has 2 heterocycles. The molecule has 3 aromatic rings. The third kappa shape index (κ3) is 4.05. The Morgan fingerprint density at radius 1 is 1.09 bits per heavy atom. The van der Waals surface area contributed by atoms with E-state index < -0.39 is 23.7 Å². The molecule has 0 radical (unpaired) electrons. The standard InChI is InChI=1S/C25H22N2O5S/c1-4-32-24(31)22-15(3)26-25(33-22)27-19(16-8-6-5-7-9-16)18(21(29)23(27)30)20(28)17-12-10-14(2)11-13-17/h5-13,19,28H,4H2,1-3H3/t19-/m1/s1. The summed E-state index contributed by atoms with van der Waals surface area (Å²) in [5, 5.41) is 11.3. The topological polar surface area (TPSA) is 96.8 Å². The number of hydrogen-bond acceptors (Lipinski definition) is 7. The molecule has 168 valence electrons. The SMILES string of the molecule is CCOC(=O)c1sc(N2C(=O)C(=O)C(=C(O)c3ccc(C)cc3)[C@H]2c2ccccc2)nc1C. The van der Waals surface area contributed by atoms with Gasteiger partial charge in [-0.05, 0) is 26.3 Å². The van der Waals surface area contributed by atoms with Gasteiger partial charge in [0.05, 0.1) is 23.9 Å². The lowest BCUT2D eigenvalue weighted by atomic mass is 9.95. The van der Waals surface area contributed by atoms with E-state index in [4.69, 9.17) is 4.74 Å². The lowest BCUT2D eigenvalue weighted by Crippen LogP contribution is -2.29. The number of aliphatic hydroxyl groups is 1. The number of esters is 1. The first-order valence-electron chi connectivity index (χ1n) is 10.4. The van der Waals surface area contributed by atoms with Gasteiger partial charge in [-0.15, -0.1) is 0 Å². The number of rotatable bonds is 5. The summed E-state index contributed by atoms with van der Waals surface area (Å²) in [7, 11) is 0. The Morgan fingerprint density at radius 3 is 2.39 bits per heavy atom. The Kier molecular flexibility index (Phi) is 6.11. The van der Waals surface area contributed by atoms with Crippen molar-refractivity contribution in [3.05, 3.63) is 87.4 Å². The van der Waals surface area contributed by atoms with Crippen LogP contribution in [0, 0.1) is 13.8 Å². The third-order valence-electron chi connectivity index (χ3n) is 5.34. The van der Waals surface area contributed by atoms with E-state index in [2.05, 4.69) is 4.98 Å². The highest BCUT2D eigenvalue weighted by atomic mass is 32.1. The van der Waals surface area contributed by atoms with Gasteiger partial charge in [0.15, 0.2) is 5.13 Å². The molecule has 1 aliphatic heterocycles. The van der Waals surface area contributed by atoms with E-state index >= 15 is 0 Å². The Morgan fingerprint density at radius 2 is 1.76 bits per heavy atom. The maximum atomic E-state index is 13.2. The van der Waals surface area contributed by atoms with Crippen molar-refractivity contribution in [3.8, 4) is 0 Å². The molecule has 0 spiro atoms. The summed E-state index contributed by atoms with van der Waals surface area (Å²) in [5.74, 6) is -2.43. The average molecular weight is 463 g/mol. The van der Waals surface area contributed by atoms with Crippen LogP contribution in [-0.4, -0.2) is 34.4 Å². The van der Waals surface area contributed by atoms with Crippen LogP contribution in [0.1, 0.15) is 45.0 Å². The molecule has 0 unspecified atom stereocenters. The molecule has 7 nitrogen and oxygen atoms in total. The zero-order valence-electron chi connectivity index (χ0n) is 18.4. The summed E-state index contributed by atoms with van der Waals surface area (Å²) in [6.45, 7) is 5.47. The van der Waals surface area contributed by atoms with Gasteiger partial charge in [0.1, 0.15) is 10.6 Å². The van der Waals surface area contributed by atoms with E-state index in [-0.39, 0.29) is 27.9 Å². The first kappa shape index (κ1) is 22.4. The smallest absolute Gasteiger partial charge is 0.350 e. The molecule has 1 amide bonds. The van der Waals surface area contributed by atoms with Crippen molar-refractivity contribution in [1.82, 2.24) is 4.98 Å². The summed E-state index contributed by atoms with van der Waals surface area (Å²) in [6.07, 6.45) is 0. The number of benzene rings is 2. The number of aromatic nitrogens is 1. The summed E-state index contributed by atoms with van der Waals surface area (Å²) >= 11 is 0.984. The maximum absolute atomic E-state index is 13.2. The molecule has 1 aliphatic rings. The van der Waals surface area contributed by atoms with Crippen molar-refractivity contribution in [2.24, 2.45) is 0 Å². The van der Waals surface area contributed by atoms with E-state index in [0.29, 0.717) is 16.8 Å². The van der Waals surface area contributed by atoms with Crippen molar-refractivity contribution >= 4 is 39.9 Å². The quantitative estimate of drug-likeness (QED) is 0.258. The first-order chi connectivity index (χ1) is 15.8. The minimum Gasteiger partial charge on any atom is -0.507 e. The van der Waals surface area contributed by atoms with Crippen LogP contribution in [0.5, 0.6) is 0 Å². The predicted molar refractivity (Wildman–Crippen MR) is 125 cm³/mol. The number of Topliss-reactive ketones (excluding diaryl/α,β-unsaturated/α-hetero) is 1. The fourth-order valence-electron chi connectivity index (χ4n) is 3.72. The van der Waals surface area contributed by atoms with E-state index in [9.17, 15) is 19.5 Å². The van der Waals surface area contributed by atoms with E-state index in [0.717, 1.165) is 16.9 Å². The molecule has 1 fully saturated rings. The van der Waals surface area contributed by atoms with Crippen molar-refractivity contribution in [2.45, 2.75) is 26.8 Å². The number of aryl methyl sites for hydroxylation is 2. The molecular formula is C25H22N2O5S. The van der Waals surface area contributed by atoms with Gasteiger partial charge in [-0.1, -0.05) is 71.5 Å². The highest BCUT2D eigenvalue weighted by Crippen LogP contribution is 2.43. The number of hydrogen-bond donors (Lipinski definition) is 1. The van der Waals surface area contributed by atoms with Gasteiger partial charge in [-0.2, -0.15) is 0 Å². The van der Waals surface area contributed by atoms with Gasteiger partial charge in [0, 0.05) is 5.56 Å². The summed E-state index contributed by atoms with van der Waals surface area (Å²) in [6, 6.07) is 15.1. The molecule has 1 N–H and O–H groups in total. The number of thiazole rings is 1. The van der Waals surface area contributed by atoms with Gasteiger partial charge in [0.2, 0.25) is 0 Å². The summed E-state index contributed by atoms with van der Waals surface area (Å²) < 4.78 is 5.08. The van der Waals surface area contributed by atoms with Crippen molar-refractivity contribution in [2.75, 3.05) is 11.5 Å². The monoisotopic (exact) mass is 462 g/mol. The van der Waals surface area contributed by atoms with Gasteiger partial charge in [-0.25, -0.2) is 9.78 Å². The van der Waals surface area contributed by atoms with Crippen LogP contribution >= 0.6 is 11.3 Å². The van der Waals surface area contributed by atoms with Crippen LogP contribution < -0.4 is 4.90 Å². The Hall–Kier alpha value is -3.78. The molecular weight excluding hydrogens is 440 g/mol. The van der Waals surface area contributed by atoms with E-state index in [1.54, 1.807) is 50.2 Å². The lowest BCUT2D eigenvalue weighted by molar-refractivity contribution is -0.132. The second kappa shape index (κ2) is 8.99. The Bertz CT molecular complexity index is 1260. The number of amides is 1. The average Bonchev–Trinajstić information content (AvgIpc) is 3.31. The molecule has 0 saturated carbocycles. The minimum atomic E-state index is -0.895. The zero-order chi connectivity index (χ0) is 23.7. The first-order valence-corrected chi connectivity index (χ1v) is 11.2. The molecule has 33 heavy (non-hydrogen) atoms. The highest BCUT2D eigenvalue weighted by Gasteiger charge is 2.48. The van der Waals surface area contributed by atoms with Crippen LogP contribution in [0.25, 0.3) is 5.76 Å². The van der Waals surface area contributed by atoms with Crippen LogP contribution in [0.3, 0.4) is 0 Å². The number of aliphatic hydroxyl groups excluding tert-OH is 1. The molecule has 2 aromatic carbocycles. The van der Waals surface area contributed by atoms with Crippen LogP contribution in [-0.2, 0) is 14.3 Å². The lowest BCUT2D eigenvalue weighted by Gasteiger charge is -2.23. The van der Waals surface area contributed by atoms with Crippen LogP contribution in [0.2, 0.25) is 0 Å². The van der Waals surface area contributed by atoms with Crippen molar-refractivity contribution in [3.63, 3.8) is 0 Å². The largest absolute Gasteiger partial charge is 0.507 e. The zero-order valence-corrected chi connectivity index (χ0v) is 19.2. The molecule has 8 heteroatoms. The second-order valence-corrected chi connectivity index (χ2v) is 8.55. The fraction of sp³-hybridized carbons (Fsp3) is 0.200. The number of ketones is 1. The molecule has 0 aliphatic carbocycles. The van der Waals surface area contributed by atoms with Crippen molar-refractivity contribution < 1.29 is 24.2 Å². The molecule has 1 saturated heterocycles. The number of carbonyl (C=O) groups excluding carboxylic acids is 3. The number of nitrogens with zero attached hydrogens (tertiary/aromatic N) is 2. The number of ether oxygens (including phenoxy) is 1. The predicted octanol–water partition coefficient (Wildman–Crippen LogP) is 4.56. The normalized spacial score (nSPS) is 17.4. The van der Waals surface area contributed by atoms with Crippen LogP contribution in [0.4, 0.5) is 5.13 Å². The summed E-state index contributed by atoms with van der Waals surface area (Å²) in [4.78, 5) is 44.6. The molecule has 1 aromatic heterocycles. The molecule has 4 rings (SSSR count). The number of carbonyl (C=O) groups is 3. The van der Waals surface area contributed by atoms with Gasteiger partial charge < -0.3 is 9.84 Å². The van der Waals surface area contributed by atoms with Gasteiger partial charge >= 0.3 is 11.9 Å². The Balaban J connectivity index is 1.89. The maximum Gasteiger partial charge on any atom is 0.350 e. The van der Waals surface area contributed by atoms with Gasteiger partial charge in [-0.3, -0.25) is 14.5 Å².